The second-order valence-corrected chi connectivity index (χ2v) is 7.67. The SMILES string of the molecule is Cc1nnc(-c2ccc(NC(=O)C(=O)NC3CCN(Cc4ccccc4)CC3)cc2)o1. The highest BCUT2D eigenvalue weighted by Gasteiger charge is 2.23. The van der Waals surface area contributed by atoms with Crippen LogP contribution in [-0.2, 0) is 16.1 Å². The third kappa shape index (κ3) is 5.55. The Bertz CT molecular complexity index is 1020. The van der Waals surface area contributed by atoms with Gasteiger partial charge >= 0.3 is 11.8 Å². The minimum atomic E-state index is -0.673. The van der Waals surface area contributed by atoms with Crippen LogP contribution in [0.3, 0.4) is 0 Å². The van der Waals surface area contributed by atoms with Gasteiger partial charge in [-0.15, -0.1) is 10.2 Å². The maximum atomic E-state index is 12.3. The van der Waals surface area contributed by atoms with Crippen LogP contribution in [0.25, 0.3) is 11.5 Å². The number of benzene rings is 2. The number of carbonyl (C=O) groups excluding carboxylic acids is 2. The molecule has 31 heavy (non-hydrogen) atoms. The van der Waals surface area contributed by atoms with Gasteiger partial charge in [0.15, 0.2) is 0 Å². The van der Waals surface area contributed by atoms with E-state index in [-0.39, 0.29) is 6.04 Å². The first-order valence-electron chi connectivity index (χ1n) is 10.4. The number of carbonyl (C=O) groups is 2. The van der Waals surface area contributed by atoms with Gasteiger partial charge in [-0.1, -0.05) is 30.3 Å². The molecule has 3 aromatic rings. The maximum absolute atomic E-state index is 12.3. The van der Waals surface area contributed by atoms with Crippen LogP contribution in [0.2, 0.25) is 0 Å². The fraction of sp³-hybridized carbons (Fsp3) is 0.304. The topological polar surface area (TPSA) is 100 Å². The lowest BCUT2D eigenvalue weighted by atomic mass is 10.0. The number of anilines is 1. The second-order valence-electron chi connectivity index (χ2n) is 7.67. The molecule has 1 aliphatic heterocycles. The summed E-state index contributed by atoms with van der Waals surface area (Å²) in [6.45, 7) is 4.40. The van der Waals surface area contributed by atoms with Crippen LogP contribution in [0.1, 0.15) is 24.3 Å². The summed E-state index contributed by atoms with van der Waals surface area (Å²) in [6.07, 6.45) is 1.65. The molecule has 0 spiro atoms. The lowest BCUT2D eigenvalue weighted by Gasteiger charge is -2.32. The predicted molar refractivity (Wildman–Crippen MR) is 116 cm³/mol. The highest BCUT2D eigenvalue weighted by atomic mass is 16.4. The molecule has 1 saturated heterocycles. The van der Waals surface area contributed by atoms with Crippen LogP contribution >= 0.6 is 0 Å². The molecule has 160 valence electrons. The van der Waals surface area contributed by atoms with E-state index in [9.17, 15) is 9.59 Å². The Balaban J connectivity index is 1.23. The zero-order chi connectivity index (χ0) is 21.6. The Hall–Kier alpha value is -3.52. The lowest BCUT2D eigenvalue weighted by Crippen LogP contribution is -2.47. The van der Waals surface area contributed by atoms with E-state index in [1.54, 1.807) is 31.2 Å². The molecule has 8 heteroatoms. The quantitative estimate of drug-likeness (QED) is 0.617. The monoisotopic (exact) mass is 419 g/mol. The van der Waals surface area contributed by atoms with Crippen molar-refractivity contribution in [2.24, 2.45) is 0 Å². The van der Waals surface area contributed by atoms with Gasteiger partial charge in [-0.2, -0.15) is 0 Å². The first-order valence-corrected chi connectivity index (χ1v) is 10.4. The molecule has 0 unspecified atom stereocenters. The number of hydrogen-bond donors (Lipinski definition) is 2. The van der Waals surface area contributed by atoms with Crippen molar-refractivity contribution in [3.05, 3.63) is 66.1 Å². The number of aryl methyl sites for hydroxylation is 1. The molecule has 1 aliphatic rings. The third-order valence-electron chi connectivity index (χ3n) is 5.29. The summed E-state index contributed by atoms with van der Waals surface area (Å²) in [5.74, 6) is -0.395. The Morgan fingerprint density at radius 2 is 1.71 bits per heavy atom. The summed E-state index contributed by atoms with van der Waals surface area (Å²) in [7, 11) is 0. The minimum absolute atomic E-state index is 0.00779. The summed E-state index contributed by atoms with van der Waals surface area (Å²) in [4.78, 5) is 27.0. The predicted octanol–water partition coefficient (Wildman–Crippen LogP) is 2.76. The van der Waals surface area contributed by atoms with Crippen molar-refractivity contribution in [3.8, 4) is 11.5 Å². The van der Waals surface area contributed by atoms with E-state index < -0.39 is 11.8 Å². The van der Waals surface area contributed by atoms with Gasteiger partial charge in [-0.3, -0.25) is 14.5 Å². The van der Waals surface area contributed by atoms with Gasteiger partial charge in [0, 0.05) is 43.9 Å². The Kier molecular flexibility index (Phi) is 6.37. The highest BCUT2D eigenvalue weighted by molar-refractivity contribution is 6.39. The molecule has 0 bridgehead atoms. The van der Waals surface area contributed by atoms with Crippen LogP contribution in [0.5, 0.6) is 0 Å². The number of hydrogen-bond acceptors (Lipinski definition) is 6. The zero-order valence-electron chi connectivity index (χ0n) is 17.4. The first kappa shape index (κ1) is 20.7. The molecule has 2 N–H and O–H groups in total. The molecule has 1 aromatic heterocycles. The Morgan fingerprint density at radius 1 is 1.00 bits per heavy atom. The normalized spacial score (nSPS) is 14.9. The van der Waals surface area contributed by atoms with Gasteiger partial charge < -0.3 is 15.1 Å². The van der Waals surface area contributed by atoms with E-state index in [0.29, 0.717) is 17.5 Å². The first-order chi connectivity index (χ1) is 15.1. The molecule has 4 rings (SSSR count). The van der Waals surface area contributed by atoms with E-state index in [0.717, 1.165) is 38.0 Å². The highest BCUT2D eigenvalue weighted by Crippen LogP contribution is 2.20. The smallest absolute Gasteiger partial charge is 0.313 e. The number of rotatable bonds is 5. The van der Waals surface area contributed by atoms with E-state index >= 15 is 0 Å². The van der Waals surface area contributed by atoms with Crippen molar-refractivity contribution in [2.45, 2.75) is 32.4 Å². The number of nitrogens with zero attached hydrogens (tertiary/aromatic N) is 3. The molecular formula is C23H25N5O3. The van der Waals surface area contributed by atoms with Crippen molar-refractivity contribution in [1.82, 2.24) is 20.4 Å². The number of likely N-dealkylation sites (tertiary alicyclic amines) is 1. The molecule has 8 nitrogen and oxygen atoms in total. The standard InChI is InChI=1S/C23H25N5O3/c1-16-26-27-23(31-16)18-7-9-19(10-8-18)24-21(29)22(30)25-20-11-13-28(14-12-20)15-17-5-3-2-4-6-17/h2-10,20H,11-15H2,1H3,(H,24,29)(H,25,30). The van der Waals surface area contributed by atoms with Gasteiger partial charge in [0.05, 0.1) is 0 Å². The van der Waals surface area contributed by atoms with Crippen LogP contribution in [0, 0.1) is 6.92 Å². The average molecular weight is 419 g/mol. The molecule has 2 heterocycles. The zero-order valence-corrected chi connectivity index (χ0v) is 17.4. The summed E-state index contributed by atoms with van der Waals surface area (Å²) in [6, 6.07) is 17.2. The second kappa shape index (κ2) is 9.53. The van der Waals surface area contributed by atoms with Gasteiger partial charge in [0.2, 0.25) is 11.8 Å². The van der Waals surface area contributed by atoms with Crippen molar-refractivity contribution >= 4 is 17.5 Å². The van der Waals surface area contributed by atoms with Crippen molar-refractivity contribution in [1.29, 1.82) is 0 Å². The Labute approximate surface area is 180 Å². The molecule has 2 amide bonds. The van der Waals surface area contributed by atoms with Gasteiger partial charge in [-0.05, 0) is 42.7 Å². The van der Waals surface area contributed by atoms with E-state index in [4.69, 9.17) is 4.42 Å². The van der Waals surface area contributed by atoms with Gasteiger partial charge in [0.25, 0.3) is 0 Å². The minimum Gasteiger partial charge on any atom is -0.421 e. The summed E-state index contributed by atoms with van der Waals surface area (Å²) in [5.41, 5.74) is 2.55. The largest absolute Gasteiger partial charge is 0.421 e. The number of aromatic nitrogens is 2. The van der Waals surface area contributed by atoms with Crippen molar-refractivity contribution in [2.75, 3.05) is 18.4 Å². The molecule has 1 fully saturated rings. The molecule has 0 aliphatic carbocycles. The summed E-state index contributed by atoms with van der Waals surface area (Å²) >= 11 is 0. The fourth-order valence-electron chi connectivity index (χ4n) is 3.63. The van der Waals surface area contributed by atoms with Gasteiger partial charge in [-0.25, -0.2) is 0 Å². The van der Waals surface area contributed by atoms with Crippen LogP contribution in [0.15, 0.2) is 59.0 Å². The van der Waals surface area contributed by atoms with Crippen LogP contribution in [-0.4, -0.2) is 46.0 Å². The van der Waals surface area contributed by atoms with E-state index in [1.807, 2.05) is 18.2 Å². The number of amides is 2. The van der Waals surface area contributed by atoms with Crippen molar-refractivity contribution < 1.29 is 14.0 Å². The van der Waals surface area contributed by atoms with Crippen molar-refractivity contribution in [3.63, 3.8) is 0 Å². The van der Waals surface area contributed by atoms with E-state index in [1.165, 1.54) is 5.56 Å². The molecule has 0 saturated carbocycles. The third-order valence-corrected chi connectivity index (χ3v) is 5.29. The number of piperidine rings is 1. The van der Waals surface area contributed by atoms with Crippen LogP contribution in [0.4, 0.5) is 5.69 Å². The molecular weight excluding hydrogens is 394 g/mol. The fourth-order valence-corrected chi connectivity index (χ4v) is 3.63. The summed E-state index contributed by atoms with van der Waals surface area (Å²) < 4.78 is 5.38. The molecule has 2 aromatic carbocycles. The Morgan fingerprint density at radius 3 is 2.35 bits per heavy atom. The summed E-state index contributed by atoms with van der Waals surface area (Å²) in [5, 5.41) is 13.2. The molecule has 0 radical (unpaired) electrons. The maximum Gasteiger partial charge on any atom is 0.313 e. The van der Waals surface area contributed by atoms with Crippen LogP contribution < -0.4 is 10.6 Å². The van der Waals surface area contributed by atoms with E-state index in [2.05, 4.69) is 37.9 Å². The average Bonchev–Trinajstić information content (AvgIpc) is 3.22. The number of nitrogens with one attached hydrogen (secondary N) is 2. The molecule has 0 atom stereocenters. The lowest BCUT2D eigenvalue weighted by molar-refractivity contribution is -0.136. The van der Waals surface area contributed by atoms with Gasteiger partial charge in [0.1, 0.15) is 0 Å².